The van der Waals surface area contributed by atoms with Crippen molar-refractivity contribution in [3.8, 4) is 11.5 Å². The summed E-state index contributed by atoms with van der Waals surface area (Å²) < 4.78 is 39.1. The first kappa shape index (κ1) is 24.5. The number of sulfonamides is 1. The van der Waals surface area contributed by atoms with Crippen LogP contribution in [0.4, 0.5) is 17.1 Å². The predicted octanol–water partition coefficient (Wildman–Crippen LogP) is 4.64. The number of hydrazone groups is 1. The van der Waals surface area contributed by atoms with Crippen LogP contribution in [-0.2, 0) is 10.0 Å². The monoisotopic (exact) mass is 484 g/mol. The number of hydrogen-bond donors (Lipinski definition) is 2. The van der Waals surface area contributed by atoms with Gasteiger partial charge in [-0.25, -0.2) is 8.42 Å². The Morgan fingerprint density at radius 2 is 1.68 bits per heavy atom. The standard InChI is InChI=1S/C23H24N4O6S/c1-4-33-21-10-5-17(6-11-21)16(2)24-25-22-14-9-19(27(28)29)15-23(22)34(30,31)26-18-7-12-20(32-3)13-8-18/h5-15,25-26H,4H2,1-3H3/b24-16-. The van der Waals surface area contributed by atoms with E-state index < -0.39 is 14.9 Å². The molecule has 3 aromatic carbocycles. The Bertz CT molecular complexity index is 1290. The molecule has 0 saturated heterocycles. The third-order valence-corrected chi connectivity index (χ3v) is 6.16. The van der Waals surface area contributed by atoms with Gasteiger partial charge in [-0.2, -0.15) is 5.10 Å². The molecular weight excluding hydrogens is 460 g/mol. The number of ether oxygens (including phenoxy) is 2. The van der Waals surface area contributed by atoms with Crippen molar-refractivity contribution in [2.75, 3.05) is 23.9 Å². The molecule has 0 saturated carbocycles. The average Bonchev–Trinajstić information content (AvgIpc) is 2.83. The zero-order valence-electron chi connectivity index (χ0n) is 18.8. The zero-order chi connectivity index (χ0) is 24.7. The molecule has 10 nitrogen and oxygen atoms in total. The van der Waals surface area contributed by atoms with E-state index in [-0.39, 0.29) is 22.0 Å². The number of non-ortho nitro benzene ring substituents is 1. The molecule has 0 aliphatic carbocycles. The highest BCUT2D eigenvalue weighted by atomic mass is 32.2. The number of hydrogen-bond acceptors (Lipinski definition) is 8. The normalized spacial score (nSPS) is 11.6. The summed E-state index contributed by atoms with van der Waals surface area (Å²) in [7, 11) is -2.69. The van der Waals surface area contributed by atoms with Gasteiger partial charge in [0.1, 0.15) is 16.4 Å². The molecule has 0 fully saturated rings. The minimum Gasteiger partial charge on any atom is -0.497 e. The summed E-state index contributed by atoms with van der Waals surface area (Å²) in [5.41, 5.74) is 4.07. The first-order valence-corrected chi connectivity index (χ1v) is 11.7. The minimum absolute atomic E-state index is 0.0805. The van der Waals surface area contributed by atoms with Crippen molar-refractivity contribution in [2.45, 2.75) is 18.7 Å². The fourth-order valence-electron chi connectivity index (χ4n) is 2.98. The fourth-order valence-corrected chi connectivity index (χ4v) is 4.21. The highest BCUT2D eigenvalue weighted by molar-refractivity contribution is 7.92. The number of benzene rings is 3. The van der Waals surface area contributed by atoms with Gasteiger partial charge >= 0.3 is 0 Å². The molecule has 0 aliphatic rings. The summed E-state index contributed by atoms with van der Waals surface area (Å²) in [4.78, 5) is 10.3. The predicted molar refractivity (Wildman–Crippen MR) is 130 cm³/mol. The number of nitrogens with zero attached hydrogens (tertiary/aromatic N) is 2. The number of nitro benzene ring substituents is 1. The molecular formula is C23H24N4O6S. The van der Waals surface area contributed by atoms with Crippen molar-refractivity contribution in [1.82, 2.24) is 0 Å². The topological polar surface area (TPSA) is 132 Å². The van der Waals surface area contributed by atoms with Gasteiger partial charge in [0.15, 0.2) is 0 Å². The molecule has 0 heterocycles. The van der Waals surface area contributed by atoms with Gasteiger partial charge in [0.05, 0.1) is 30.0 Å². The molecule has 2 N–H and O–H groups in total. The van der Waals surface area contributed by atoms with Crippen LogP contribution in [0.1, 0.15) is 19.4 Å². The number of methoxy groups -OCH3 is 1. The first-order chi connectivity index (χ1) is 16.2. The average molecular weight is 485 g/mol. The lowest BCUT2D eigenvalue weighted by molar-refractivity contribution is -0.385. The first-order valence-electron chi connectivity index (χ1n) is 10.2. The Balaban J connectivity index is 1.91. The second-order valence-electron chi connectivity index (χ2n) is 7.04. The van der Waals surface area contributed by atoms with Crippen molar-refractivity contribution in [1.29, 1.82) is 0 Å². The molecule has 0 bridgehead atoms. The van der Waals surface area contributed by atoms with E-state index in [2.05, 4.69) is 15.2 Å². The van der Waals surface area contributed by atoms with Gasteiger partial charge in [-0.05, 0) is 74.0 Å². The van der Waals surface area contributed by atoms with Gasteiger partial charge < -0.3 is 9.47 Å². The van der Waals surface area contributed by atoms with Crippen LogP contribution in [0.5, 0.6) is 11.5 Å². The largest absolute Gasteiger partial charge is 0.497 e. The fraction of sp³-hybridized carbons (Fsp3) is 0.174. The maximum Gasteiger partial charge on any atom is 0.270 e. The summed E-state index contributed by atoms with van der Waals surface area (Å²) in [5.74, 6) is 1.28. The smallest absolute Gasteiger partial charge is 0.270 e. The highest BCUT2D eigenvalue weighted by Crippen LogP contribution is 2.29. The van der Waals surface area contributed by atoms with Gasteiger partial charge in [-0.15, -0.1) is 0 Å². The summed E-state index contributed by atoms with van der Waals surface area (Å²) >= 11 is 0. The van der Waals surface area contributed by atoms with Gasteiger partial charge in [0.25, 0.3) is 15.7 Å². The molecule has 0 amide bonds. The van der Waals surface area contributed by atoms with Crippen molar-refractivity contribution >= 4 is 32.8 Å². The lowest BCUT2D eigenvalue weighted by Crippen LogP contribution is -2.15. The molecule has 11 heteroatoms. The molecule has 0 spiro atoms. The third-order valence-electron chi connectivity index (χ3n) is 4.73. The molecule has 3 aromatic rings. The van der Waals surface area contributed by atoms with Crippen LogP contribution in [-0.4, -0.2) is 32.8 Å². The Hall–Kier alpha value is -4.12. The summed E-state index contributed by atoms with van der Waals surface area (Å²) in [5, 5.41) is 15.5. The second-order valence-corrected chi connectivity index (χ2v) is 8.69. The molecule has 0 atom stereocenters. The zero-order valence-corrected chi connectivity index (χ0v) is 19.6. The Morgan fingerprint density at radius 3 is 2.26 bits per heavy atom. The number of nitrogens with one attached hydrogen (secondary N) is 2. The van der Waals surface area contributed by atoms with Crippen LogP contribution in [0, 0.1) is 10.1 Å². The van der Waals surface area contributed by atoms with E-state index in [0.717, 1.165) is 17.4 Å². The maximum absolute atomic E-state index is 13.1. The van der Waals surface area contributed by atoms with Crippen molar-refractivity contribution < 1.29 is 22.8 Å². The maximum atomic E-state index is 13.1. The van der Waals surface area contributed by atoms with Crippen LogP contribution >= 0.6 is 0 Å². The Labute approximate surface area is 197 Å². The lowest BCUT2D eigenvalue weighted by atomic mass is 10.1. The summed E-state index contributed by atoms with van der Waals surface area (Å²) in [6.45, 7) is 4.19. The van der Waals surface area contributed by atoms with E-state index in [0.29, 0.717) is 18.1 Å². The van der Waals surface area contributed by atoms with Crippen LogP contribution < -0.4 is 19.6 Å². The molecule has 0 aliphatic heterocycles. The molecule has 0 radical (unpaired) electrons. The van der Waals surface area contributed by atoms with Crippen molar-refractivity contribution in [3.05, 3.63) is 82.4 Å². The molecule has 0 unspecified atom stereocenters. The third kappa shape index (κ3) is 6.01. The highest BCUT2D eigenvalue weighted by Gasteiger charge is 2.23. The van der Waals surface area contributed by atoms with Gasteiger partial charge in [0, 0.05) is 17.8 Å². The number of nitro groups is 1. The van der Waals surface area contributed by atoms with E-state index >= 15 is 0 Å². The molecule has 3 rings (SSSR count). The minimum atomic E-state index is -4.19. The lowest BCUT2D eigenvalue weighted by Gasteiger charge is -2.13. The molecule has 0 aromatic heterocycles. The molecule has 178 valence electrons. The second kappa shape index (κ2) is 10.7. The summed E-state index contributed by atoms with van der Waals surface area (Å²) in [6, 6.07) is 17.0. The van der Waals surface area contributed by atoms with E-state index in [1.54, 1.807) is 31.2 Å². The quantitative estimate of drug-likeness (QED) is 0.243. The van der Waals surface area contributed by atoms with Crippen molar-refractivity contribution in [2.24, 2.45) is 5.10 Å². The van der Waals surface area contributed by atoms with Crippen LogP contribution in [0.2, 0.25) is 0 Å². The van der Waals surface area contributed by atoms with Gasteiger partial charge in [-0.1, -0.05) is 0 Å². The van der Waals surface area contributed by atoms with Crippen LogP contribution in [0.3, 0.4) is 0 Å². The van der Waals surface area contributed by atoms with Gasteiger partial charge in [-0.3, -0.25) is 20.3 Å². The van der Waals surface area contributed by atoms with E-state index in [1.165, 1.54) is 31.4 Å². The van der Waals surface area contributed by atoms with E-state index in [4.69, 9.17) is 9.47 Å². The molecule has 34 heavy (non-hydrogen) atoms. The van der Waals surface area contributed by atoms with Crippen molar-refractivity contribution in [3.63, 3.8) is 0 Å². The van der Waals surface area contributed by atoms with Crippen LogP contribution in [0.15, 0.2) is 76.7 Å². The Morgan fingerprint density at radius 1 is 1.03 bits per heavy atom. The SMILES string of the molecule is CCOc1ccc(/C(C)=N\Nc2ccc([N+](=O)[O-])cc2S(=O)(=O)Nc2ccc(OC)cc2)cc1. The van der Waals surface area contributed by atoms with E-state index in [1.807, 2.05) is 19.1 Å². The van der Waals surface area contributed by atoms with Crippen LogP contribution in [0.25, 0.3) is 0 Å². The number of anilines is 2. The Kier molecular flexibility index (Phi) is 7.69. The summed E-state index contributed by atoms with van der Waals surface area (Å²) in [6.07, 6.45) is 0. The van der Waals surface area contributed by atoms with E-state index in [9.17, 15) is 18.5 Å². The van der Waals surface area contributed by atoms with Gasteiger partial charge in [0.2, 0.25) is 0 Å². The number of rotatable bonds is 10.